The molecule has 1 atom stereocenters. The van der Waals surface area contributed by atoms with E-state index >= 15 is 0 Å². The Hall–Kier alpha value is -2.44. The van der Waals surface area contributed by atoms with E-state index in [4.69, 9.17) is 0 Å². The van der Waals surface area contributed by atoms with Crippen LogP contribution in [0.1, 0.15) is 31.9 Å². The fourth-order valence-corrected chi connectivity index (χ4v) is 3.52. The molecule has 0 radical (unpaired) electrons. The molecule has 3 amide bonds. The van der Waals surface area contributed by atoms with E-state index in [2.05, 4.69) is 11.9 Å². The number of likely N-dealkylation sites (tertiary alicyclic amines) is 1. The molecule has 0 bridgehead atoms. The second-order valence-corrected chi connectivity index (χ2v) is 6.99. The summed E-state index contributed by atoms with van der Waals surface area (Å²) < 4.78 is 0. The first-order chi connectivity index (χ1) is 12.6. The van der Waals surface area contributed by atoms with E-state index in [1.165, 1.54) is 0 Å². The highest BCUT2D eigenvalue weighted by Crippen LogP contribution is 2.22. The molecule has 7 heteroatoms. The lowest BCUT2D eigenvalue weighted by Crippen LogP contribution is -2.53. The Bertz CT molecular complexity index is 664. The SMILES string of the molecule is CCCCN1CCN(C(=O)[C@@H]2CC(=O)N(Cc3ccccn3)C2)CC1=O. The first-order valence-electron chi connectivity index (χ1n) is 9.32. The lowest BCUT2D eigenvalue weighted by molar-refractivity contribution is -0.147. The van der Waals surface area contributed by atoms with Crippen LogP contribution in [0.3, 0.4) is 0 Å². The third kappa shape index (κ3) is 4.20. The van der Waals surface area contributed by atoms with Crippen molar-refractivity contribution in [1.29, 1.82) is 0 Å². The molecular formula is C19H26N4O3. The van der Waals surface area contributed by atoms with Crippen LogP contribution >= 0.6 is 0 Å². The molecular weight excluding hydrogens is 332 g/mol. The van der Waals surface area contributed by atoms with Crippen LogP contribution < -0.4 is 0 Å². The Morgan fingerprint density at radius 1 is 1.19 bits per heavy atom. The Morgan fingerprint density at radius 3 is 2.73 bits per heavy atom. The van der Waals surface area contributed by atoms with Gasteiger partial charge in [0.05, 0.1) is 24.7 Å². The van der Waals surface area contributed by atoms with Crippen molar-refractivity contribution in [2.24, 2.45) is 5.92 Å². The van der Waals surface area contributed by atoms with Gasteiger partial charge in [0.15, 0.2) is 0 Å². The molecule has 3 rings (SSSR count). The maximum Gasteiger partial charge on any atom is 0.242 e. The molecule has 2 aliphatic heterocycles. The number of aromatic nitrogens is 1. The number of carbonyl (C=O) groups is 3. The van der Waals surface area contributed by atoms with Crippen LogP contribution in [0.4, 0.5) is 0 Å². The van der Waals surface area contributed by atoms with E-state index in [1.54, 1.807) is 16.0 Å². The van der Waals surface area contributed by atoms with Crippen molar-refractivity contribution < 1.29 is 14.4 Å². The number of amides is 3. The van der Waals surface area contributed by atoms with Crippen LogP contribution in [-0.2, 0) is 20.9 Å². The predicted molar refractivity (Wildman–Crippen MR) is 95.8 cm³/mol. The third-order valence-corrected chi connectivity index (χ3v) is 5.05. The summed E-state index contributed by atoms with van der Waals surface area (Å²) in [4.78, 5) is 46.7. The maximum atomic E-state index is 12.8. The molecule has 3 heterocycles. The second kappa shape index (κ2) is 8.29. The average Bonchev–Trinajstić information content (AvgIpc) is 3.01. The van der Waals surface area contributed by atoms with E-state index in [0.717, 1.165) is 25.1 Å². The van der Waals surface area contributed by atoms with Crippen molar-refractivity contribution in [3.63, 3.8) is 0 Å². The molecule has 2 fully saturated rings. The van der Waals surface area contributed by atoms with E-state index in [9.17, 15) is 14.4 Å². The number of hydrogen-bond donors (Lipinski definition) is 0. The minimum Gasteiger partial charge on any atom is -0.339 e. The van der Waals surface area contributed by atoms with Gasteiger partial charge in [0.1, 0.15) is 0 Å². The van der Waals surface area contributed by atoms with E-state index in [-0.39, 0.29) is 36.6 Å². The fourth-order valence-electron chi connectivity index (χ4n) is 3.52. The van der Waals surface area contributed by atoms with Crippen LogP contribution in [0.15, 0.2) is 24.4 Å². The number of piperazine rings is 1. The van der Waals surface area contributed by atoms with Crippen LogP contribution in [0, 0.1) is 5.92 Å². The highest BCUT2D eigenvalue weighted by Gasteiger charge is 2.38. The smallest absolute Gasteiger partial charge is 0.242 e. The molecule has 7 nitrogen and oxygen atoms in total. The minimum atomic E-state index is -0.360. The lowest BCUT2D eigenvalue weighted by atomic mass is 10.1. The van der Waals surface area contributed by atoms with Crippen LogP contribution in [0.2, 0.25) is 0 Å². The first kappa shape index (κ1) is 18.4. The van der Waals surface area contributed by atoms with Gasteiger partial charge in [-0.3, -0.25) is 19.4 Å². The minimum absolute atomic E-state index is 0.00714. The quantitative estimate of drug-likeness (QED) is 0.757. The topological polar surface area (TPSA) is 73.8 Å². The second-order valence-electron chi connectivity index (χ2n) is 6.99. The summed E-state index contributed by atoms with van der Waals surface area (Å²) in [5.41, 5.74) is 0.814. The van der Waals surface area contributed by atoms with Crippen LogP contribution in [0.5, 0.6) is 0 Å². The highest BCUT2D eigenvalue weighted by atomic mass is 16.2. The number of carbonyl (C=O) groups excluding carboxylic acids is 3. The number of unbranched alkanes of at least 4 members (excludes halogenated alkanes) is 1. The highest BCUT2D eigenvalue weighted by molar-refractivity contribution is 5.92. The zero-order valence-corrected chi connectivity index (χ0v) is 15.3. The molecule has 1 aromatic heterocycles. The van der Waals surface area contributed by atoms with E-state index in [0.29, 0.717) is 26.2 Å². The van der Waals surface area contributed by atoms with E-state index < -0.39 is 0 Å². The van der Waals surface area contributed by atoms with Crippen molar-refractivity contribution in [3.05, 3.63) is 30.1 Å². The molecule has 0 aliphatic carbocycles. The normalized spacial score (nSPS) is 20.8. The molecule has 0 N–H and O–H groups in total. The first-order valence-corrected chi connectivity index (χ1v) is 9.32. The molecule has 2 aliphatic rings. The van der Waals surface area contributed by atoms with Gasteiger partial charge < -0.3 is 14.7 Å². The van der Waals surface area contributed by atoms with Gasteiger partial charge in [-0.1, -0.05) is 19.4 Å². The Labute approximate surface area is 154 Å². The number of rotatable bonds is 6. The van der Waals surface area contributed by atoms with Gasteiger partial charge in [-0.05, 0) is 18.6 Å². The Morgan fingerprint density at radius 2 is 2.04 bits per heavy atom. The Kier molecular flexibility index (Phi) is 5.85. The van der Waals surface area contributed by atoms with Crippen molar-refractivity contribution >= 4 is 17.7 Å². The van der Waals surface area contributed by atoms with Gasteiger partial charge in [0, 0.05) is 38.8 Å². The summed E-state index contributed by atoms with van der Waals surface area (Å²) in [7, 11) is 0. The number of hydrogen-bond acceptors (Lipinski definition) is 4. The van der Waals surface area contributed by atoms with Crippen molar-refractivity contribution in [2.45, 2.75) is 32.7 Å². The predicted octanol–water partition coefficient (Wildman–Crippen LogP) is 0.901. The number of pyridine rings is 1. The van der Waals surface area contributed by atoms with Gasteiger partial charge >= 0.3 is 0 Å². The molecule has 1 aromatic rings. The van der Waals surface area contributed by atoms with Gasteiger partial charge in [-0.2, -0.15) is 0 Å². The summed E-state index contributed by atoms with van der Waals surface area (Å²) >= 11 is 0. The zero-order chi connectivity index (χ0) is 18.5. The molecule has 140 valence electrons. The van der Waals surface area contributed by atoms with E-state index in [1.807, 2.05) is 23.1 Å². The van der Waals surface area contributed by atoms with Crippen molar-refractivity contribution in [3.8, 4) is 0 Å². The van der Waals surface area contributed by atoms with Crippen molar-refractivity contribution in [2.75, 3.05) is 32.7 Å². The molecule has 2 saturated heterocycles. The third-order valence-electron chi connectivity index (χ3n) is 5.05. The molecule has 0 spiro atoms. The standard InChI is InChI=1S/C19H26N4O3/c1-2-3-8-21-9-10-22(14-18(21)25)19(26)15-11-17(24)23(12-15)13-16-6-4-5-7-20-16/h4-7,15H,2-3,8-14H2,1H3/t15-/m1/s1. The van der Waals surface area contributed by atoms with Gasteiger partial charge in [0.2, 0.25) is 17.7 Å². The monoisotopic (exact) mass is 358 g/mol. The molecule has 26 heavy (non-hydrogen) atoms. The van der Waals surface area contributed by atoms with Gasteiger partial charge in [-0.25, -0.2) is 0 Å². The summed E-state index contributed by atoms with van der Waals surface area (Å²) in [5, 5.41) is 0. The largest absolute Gasteiger partial charge is 0.339 e. The van der Waals surface area contributed by atoms with Gasteiger partial charge in [-0.15, -0.1) is 0 Å². The Balaban J connectivity index is 1.54. The fraction of sp³-hybridized carbons (Fsp3) is 0.579. The molecule has 0 unspecified atom stereocenters. The summed E-state index contributed by atoms with van der Waals surface area (Å²) in [6.07, 6.45) is 3.94. The maximum absolute atomic E-state index is 12.8. The lowest BCUT2D eigenvalue weighted by Gasteiger charge is -2.35. The zero-order valence-electron chi connectivity index (χ0n) is 15.3. The summed E-state index contributed by atoms with van der Waals surface area (Å²) in [6.45, 7) is 4.95. The van der Waals surface area contributed by atoms with Crippen LogP contribution in [0.25, 0.3) is 0 Å². The summed E-state index contributed by atoms with van der Waals surface area (Å²) in [5.74, 6) is -0.457. The summed E-state index contributed by atoms with van der Waals surface area (Å²) in [6, 6.07) is 5.59. The number of nitrogens with zero attached hydrogens (tertiary/aromatic N) is 4. The van der Waals surface area contributed by atoms with Crippen LogP contribution in [-0.4, -0.2) is 70.1 Å². The molecule has 0 aromatic carbocycles. The molecule has 0 saturated carbocycles. The van der Waals surface area contributed by atoms with Gasteiger partial charge in [0.25, 0.3) is 0 Å². The average molecular weight is 358 g/mol. The van der Waals surface area contributed by atoms with Crippen molar-refractivity contribution in [1.82, 2.24) is 19.7 Å².